The van der Waals surface area contributed by atoms with Crippen molar-refractivity contribution in [1.29, 1.82) is 0 Å². The maximum absolute atomic E-state index is 12.1. The first-order valence-electron chi connectivity index (χ1n) is 4.25. The highest BCUT2D eigenvalue weighted by Crippen LogP contribution is 2.34. The van der Waals surface area contributed by atoms with Crippen LogP contribution in [-0.2, 0) is 4.79 Å². The first-order chi connectivity index (χ1) is 7.91. The Bertz CT molecular complexity index is 461. The summed E-state index contributed by atoms with van der Waals surface area (Å²) in [6, 6.07) is 2.46. The molecular formula is C10H6Cl2F2O3. The van der Waals surface area contributed by atoms with Crippen LogP contribution >= 0.6 is 23.2 Å². The van der Waals surface area contributed by atoms with Gasteiger partial charge in [0.1, 0.15) is 5.75 Å². The van der Waals surface area contributed by atoms with Crippen molar-refractivity contribution in [3.63, 3.8) is 0 Å². The van der Waals surface area contributed by atoms with Gasteiger partial charge in [0.15, 0.2) is 0 Å². The van der Waals surface area contributed by atoms with Crippen LogP contribution in [-0.4, -0.2) is 17.7 Å². The van der Waals surface area contributed by atoms with Crippen molar-refractivity contribution in [2.24, 2.45) is 0 Å². The second kappa shape index (κ2) is 5.84. The third-order valence-corrected chi connectivity index (χ3v) is 2.52. The number of ether oxygens (including phenoxy) is 1. The molecule has 92 valence electrons. The zero-order chi connectivity index (χ0) is 13.0. The average molecular weight is 283 g/mol. The van der Waals surface area contributed by atoms with E-state index in [0.717, 1.165) is 12.2 Å². The second-order valence-corrected chi connectivity index (χ2v) is 3.61. The van der Waals surface area contributed by atoms with Crippen molar-refractivity contribution >= 4 is 35.2 Å². The molecule has 0 aliphatic carbocycles. The molecule has 1 aromatic carbocycles. The third-order valence-electron chi connectivity index (χ3n) is 1.70. The van der Waals surface area contributed by atoms with Gasteiger partial charge in [0.25, 0.3) is 0 Å². The molecule has 0 aromatic heterocycles. The number of rotatable bonds is 4. The zero-order valence-electron chi connectivity index (χ0n) is 8.16. The van der Waals surface area contributed by atoms with Gasteiger partial charge >= 0.3 is 12.6 Å². The first-order valence-corrected chi connectivity index (χ1v) is 5.01. The zero-order valence-corrected chi connectivity index (χ0v) is 9.67. The lowest BCUT2D eigenvalue weighted by atomic mass is 10.2. The minimum Gasteiger partial charge on any atom is -0.478 e. The van der Waals surface area contributed by atoms with Gasteiger partial charge in [-0.15, -0.1) is 0 Å². The van der Waals surface area contributed by atoms with E-state index < -0.39 is 12.6 Å². The smallest absolute Gasteiger partial charge is 0.387 e. The molecule has 0 atom stereocenters. The van der Waals surface area contributed by atoms with Crippen LogP contribution in [0.1, 0.15) is 5.56 Å². The van der Waals surface area contributed by atoms with E-state index >= 15 is 0 Å². The predicted octanol–water partition coefficient (Wildman–Crippen LogP) is 3.69. The number of hydrogen-bond donors (Lipinski definition) is 1. The van der Waals surface area contributed by atoms with E-state index in [9.17, 15) is 13.6 Å². The molecule has 0 saturated carbocycles. The van der Waals surface area contributed by atoms with Crippen LogP contribution in [0.15, 0.2) is 18.2 Å². The summed E-state index contributed by atoms with van der Waals surface area (Å²) in [5, 5.41) is 8.51. The number of halogens is 4. The number of hydrogen-bond acceptors (Lipinski definition) is 2. The molecular weight excluding hydrogens is 277 g/mol. The van der Waals surface area contributed by atoms with Crippen molar-refractivity contribution < 1.29 is 23.4 Å². The minimum absolute atomic E-state index is 0.0122. The van der Waals surface area contributed by atoms with Crippen molar-refractivity contribution in [3.8, 4) is 5.75 Å². The molecule has 0 bridgehead atoms. The maximum atomic E-state index is 12.1. The Morgan fingerprint density at radius 3 is 2.59 bits per heavy atom. The lowest BCUT2D eigenvalue weighted by Crippen LogP contribution is -2.03. The average Bonchev–Trinajstić information content (AvgIpc) is 2.22. The van der Waals surface area contributed by atoms with E-state index in [1.165, 1.54) is 12.1 Å². The normalized spacial score (nSPS) is 11.1. The maximum Gasteiger partial charge on any atom is 0.387 e. The van der Waals surface area contributed by atoms with Gasteiger partial charge in [0.2, 0.25) is 0 Å². The van der Waals surface area contributed by atoms with Crippen LogP contribution in [0.2, 0.25) is 10.0 Å². The Kier molecular flexibility index (Phi) is 4.72. The Hall–Kier alpha value is -1.33. The fourth-order valence-electron chi connectivity index (χ4n) is 1.06. The van der Waals surface area contributed by atoms with E-state index in [2.05, 4.69) is 4.74 Å². The molecule has 1 N–H and O–H groups in total. The molecule has 17 heavy (non-hydrogen) atoms. The van der Waals surface area contributed by atoms with Crippen molar-refractivity contribution in [2.75, 3.05) is 0 Å². The van der Waals surface area contributed by atoms with Crippen molar-refractivity contribution in [2.45, 2.75) is 6.61 Å². The van der Waals surface area contributed by atoms with Gasteiger partial charge in [-0.1, -0.05) is 23.2 Å². The number of aliphatic carboxylic acids is 1. The number of carboxylic acids is 1. The topological polar surface area (TPSA) is 46.5 Å². The molecule has 0 aliphatic heterocycles. The minimum atomic E-state index is -3.04. The number of carbonyl (C=O) groups is 1. The third kappa shape index (κ3) is 3.87. The number of alkyl halides is 2. The Labute approximate surface area is 105 Å². The molecule has 1 rings (SSSR count). The summed E-state index contributed by atoms with van der Waals surface area (Å²) in [6.07, 6.45) is 1.78. The quantitative estimate of drug-likeness (QED) is 0.857. The summed E-state index contributed by atoms with van der Waals surface area (Å²) < 4.78 is 28.4. The number of carboxylic acid groups (broad SMARTS) is 1. The van der Waals surface area contributed by atoms with Gasteiger partial charge in [-0.05, 0) is 18.2 Å². The van der Waals surface area contributed by atoms with Crippen LogP contribution in [0.3, 0.4) is 0 Å². The highest BCUT2D eigenvalue weighted by Gasteiger charge is 2.13. The Morgan fingerprint density at radius 2 is 2.06 bits per heavy atom. The van der Waals surface area contributed by atoms with Crippen LogP contribution in [0, 0.1) is 0 Å². The molecule has 0 amide bonds. The lowest BCUT2D eigenvalue weighted by molar-refractivity contribution is -0.131. The summed E-state index contributed by atoms with van der Waals surface area (Å²) >= 11 is 11.4. The van der Waals surface area contributed by atoms with E-state index in [0.29, 0.717) is 0 Å². The Morgan fingerprint density at radius 1 is 1.41 bits per heavy atom. The highest BCUT2D eigenvalue weighted by molar-refractivity contribution is 6.43. The SMILES string of the molecule is O=C(O)C=Cc1c(OC(F)F)ccc(Cl)c1Cl. The van der Waals surface area contributed by atoms with Gasteiger partial charge in [-0.2, -0.15) is 8.78 Å². The van der Waals surface area contributed by atoms with Gasteiger partial charge in [-0.3, -0.25) is 0 Å². The molecule has 1 aromatic rings. The molecule has 0 fully saturated rings. The standard InChI is InChI=1S/C10H6Cl2F2O3/c11-6-2-3-7(17-10(13)14)5(9(6)12)1-4-8(15)16/h1-4,10H,(H,15,16). The summed E-state index contributed by atoms with van der Waals surface area (Å²) in [4.78, 5) is 10.4. The van der Waals surface area contributed by atoms with Gasteiger partial charge in [0, 0.05) is 11.6 Å². The van der Waals surface area contributed by atoms with Gasteiger partial charge < -0.3 is 9.84 Å². The summed E-state index contributed by atoms with van der Waals surface area (Å²) in [7, 11) is 0. The van der Waals surface area contributed by atoms with Crippen LogP contribution < -0.4 is 4.74 Å². The largest absolute Gasteiger partial charge is 0.478 e. The molecule has 0 saturated heterocycles. The summed E-state index contributed by atoms with van der Waals surface area (Å²) in [5.74, 6) is -1.49. The van der Waals surface area contributed by atoms with Crippen LogP contribution in [0.5, 0.6) is 5.75 Å². The molecule has 3 nitrogen and oxygen atoms in total. The monoisotopic (exact) mass is 282 g/mol. The molecule has 0 aliphatic rings. The molecule has 0 unspecified atom stereocenters. The van der Waals surface area contributed by atoms with E-state index in [-0.39, 0.29) is 21.4 Å². The van der Waals surface area contributed by atoms with Crippen LogP contribution in [0.4, 0.5) is 8.78 Å². The fourth-order valence-corrected chi connectivity index (χ4v) is 1.44. The fraction of sp³-hybridized carbons (Fsp3) is 0.100. The second-order valence-electron chi connectivity index (χ2n) is 2.82. The van der Waals surface area contributed by atoms with E-state index in [1.807, 2.05) is 0 Å². The molecule has 7 heteroatoms. The molecule has 0 heterocycles. The number of benzene rings is 1. The summed E-state index contributed by atoms with van der Waals surface area (Å²) in [6.45, 7) is -3.04. The highest BCUT2D eigenvalue weighted by atomic mass is 35.5. The Balaban J connectivity index is 3.21. The summed E-state index contributed by atoms with van der Waals surface area (Å²) in [5.41, 5.74) is -0.0122. The predicted molar refractivity (Wildman–Crippen MR) is 59.8 cm³/mol. The van der Waals surface area contributed by atoms with Gasteiger partial charge in [0.05, 0.1) is 10.0 Å². The molecule has 0 radical (unpaired) electrons. The van der Waals surface area contributed by atoms with Crippen molar-refractivity contribution in [1.82, 2.24) is 0 Å². The first kappa shape index (κ1) is 13.7. The van der Waals surface area contributed by atoms with Crippen molar-refractivity contribution in [3.05, 3.63) is 33.8 Å². The van der Waals surface area contributed by atoms with Gasteiger partial charge in [-0.25, -0.2) is 4.79 Å². The molecule has 0 spiro atoms. The van der Waals surface area contributed by atoms with E-state index in [1.54, 1.807) is 0 Å². The van der Waals surface area contributed by atoms with E-state index in [4.69, 9.17) is 28.3 Å². The van der Waals surface area contributed by atoms with Crippen LogP contribution in [0.25, 0.3) is 6.08 Å². The lowest BCUT2D eigenvalue weighted by Gasteiger charge is -2.10.